The number of hydrogen-bond donors (Lipinski definition) is 1. The van der Waals surface area contributed by atoms with Crippen LogP contribution in [0.1, 0.15) is 42.0 Å². The minimum absolute atomic E-state index is 0.224. The number of nitrogens with one attached hydrogen (secondary N) is 1. The zero-order valence-corrected chi connectivity index (χ0v) is 15.0. The SMILES string of the molecule is Cc1nc(-c2ccc(CNC(=O)C[C@H]3C[C@@H]4CC[C@@H]3C4)s2)cs1. The lowest BCUT2D eigenvalue weighted by Gasteiger charge is -2.20. The molecule has 2 fully saturated rings. The molecule has 1 N–H and O–H groups in total. The number of aryl methyl sites for hydroxylation is 1. The van der Waals surface area contributed by atoms with Gasteiger partial charge in [-0.3, -0.25) is 4.79 Å². The molecule has 2 aliphatic carbocycles. The van der Waals surface area contributed by atoms with Gasteiger partial charge in [0, 0.05) is 16.7 Å². The third-order valence-corrected chi connectivity index (χ3v) is 7.21. The highest BCUT2D eigenvalue weighted by molar-refractivity contribution is 7.16. The normalized spacial score (nSPS) is 25.9. The van der Waals surface area contributed by atoms with E-state index in [1.807, 2.05) is 6.92 Å². The van der Waals surface area contributed by atoms with Crippen LogP contribution in [0.25, 0.3) is 10.6 Å². The number of rotatable bonds is 5. The lowest BCUT2D eigenvalue weighted by molar-refractivity contribution is -0.122. The average molecular weight is 347 g/mol. The fourth-order valence-corrected chi connectivity index (χ4v) is 5.81. The summed E-state index contributed by atoms with van der Waals surface area (Å²) in [4.78, 5) is 19.1. The quantitative estimate of drug-likeness (QED) is 0.858. The fraction of sp³-hybridized carbons (Fsp3) is 0.556. The Kier molecular flexibility index (Phi) is 4.24. The van der Waals surface area contributed by atoms with Gasteiger partial charge < -0.3 is 5.32 Å². The highest BCUT2D eigenvalue weighted by Gasteiger charge is 2.39. The molecular weight excluding hydrogens is 324 g/mol. The molecule has 122 valence electrons. The van der Waals surface area contributed by atoms with Gasteiger partial charge in [0.2, 0.25) is 5.91 Å². The van der Waals surface area contributed by atoms with E-state index in [2.05, 4.69) is 27.8 Å². The zero-order chi connectivity index (χ0) is 15.8. The number of fused-ring (bicyclic) bond motifs is 2. The maximum atomic E-state index is 12.2. The third kappa shape index (κ3) is 3.36. The van der Waals surface area contributed by atoms with E-state index in [4.69, 9.17) is 0 Å². The molecular formula is C18H22N2OS2. The smallest absolute Gasteiger partial charge is 0.220 e. The van der Waals surface area contributed by atoms with Crippen LogP contribution in [0.3, 0.4) is 0 Å². The maximum absolute atomic E-state index is 12.2. The van der Waals surface area contributed by atoms with Crippen LogP contribution in [-0.4, -0.2) is 10.9 Å². The summed E-state index contributed by atoms with van der Waals surface area (Å²) >= 11 is 3.40. The van der Waals surface area contributed by atoms with E-state index < -0.39 is 0 Å². The van der Waals surface area contributed by atoms with Gasteiger partial charge in [0.15, 0.2) is 0 Å². The van der Waals surface area contributed by atoms with Crippen molar-refractivity contribution in [2.45, 2.75) is 45.6 Å². The van der Waals surface area contributed by atoms with Gasteiger partial charge in [-0.25, -0.2) is 4.98 Å². The summed E-state index contributed by atoms with van der Waals surface area (Å²) in [6.07, 6.45) is 6.13. The number of hydrogen-bond acceptors (Lipinski definition) is 4. The Morgan fingerprint density at radius 3 is 2.96 bits per heavy atom. The highest BCUT2D eigenvalue weighted by Crippen LogP contribution is 2.49. The van der Waals surface area contributed by atoms with Gasteiger partial charge in [-0.1, -0.05) is 6.42 Å². The van der Waals surface area contributed by atoms with E-state index >= 15 is 0 Å². The van der Waals surface area contributed by atoms with Gasteiger partial charge in [-0.15, -0.1) is 22.7 Å². The number of carbonyl (C=O) groups is 1. The standard InChI is InChI=1S/C18H22N2OS2/c1-11-20-16(10-22-11)17-5-4-15(23-17)9-19-18(21)8-14-7-12-2-3-13(14)6-12/h4-5,10,12-14H,2-3,6-9H2,1H3,(H,19,21)/t12-,13-,14-/m1/s1. The first kappa shape index (κ1) is 15.3. The Balaban J connectivity index is 1.29. The van der Waals surface area contributed by atoms with Crippen LogP contribution in [0.15, 0.2) is 17.5 Å². The lowest BCUT2D eigenvalue weighted by Crippen LogP contribution is -2.26. The van der Waals surface area contributed by atoms with Crippen molar-refractivity contribution in [3.63, 3.8) is 0 Å². The Labute approximate surface area is 145 Å². The topological polar surface area (TPSA) is 42.0 Å². The molecule has 0 saturated heterocycles. The van der Waals surface area contributed by atoms with Crippen molar-refractivity contribution in [3.05, 3.63) is 27.4 Å². The maximum Gasteiger partial charge on any atom is 0.220 e. The number of thiazole rings is 1. The Bertz CT molecular complexity index is 705. The second kappa shape index (κ2) is 6.36. The van der Waals surface area contributed by atoms with Crippen molar-refractivity contribution in [2.75, 3.05) is 0 Å². The van der Waals surface area contributed by atoms with Gasteiger partial charge in [0.25, 0.3) is 0 Å². The molecule has 3 nitrogen and oxygen atoms in total. The fourth-order valence-electron chi connectivity index (χ4n) is 4.21. The second-order valence-corrected chi connectivity index (χ2v) is 9.16. The zero-order valence-electron chi connectivity index (χ0n) is 13.4. The van der Waals surface area contributed by atoms with Gasteiger partial charge >= 0.3 is 0 Å². The number of thiophene rings is 1. The summed E-state index contributed by atoms with van der Waals surface area (Å²) in [6.45, 7) is 2.67. The van der Waals surface area contributed by atoms with Crippen LogP contribution < -0.4 is 5.32 Å². The average Bonchev–Trinajstić information content (AvgIpc) is 3.29. The van der Waals surface area contributed by atoms with E-state index in [0.29, 0.717) is 12.5 Å². The molecule has 2 aromatic heterocycles. The molecule has 4 rings (SSSR count). The van der Waals surface area contributed by atoms with Crippen LogP contribution in [0.2, 0.25) is 0 Å². The Morgan fingerprint density at radius 2 is 2.26 bits per heavy atom. The summed E-state index contributed by atoms with van der Waals surface area (Å²) in [7, 11) is 0. The number of nitrogens with zero attached hydrogens (tertiary/aromatic N) is 1. The van der Waals surface area contributed by atoms with E-state index in [1.165, 1.54) is 35.4 Å². The van der Waals surface area contributed by atoms with Gasteiger partial charge in [-0.05, 0) is 56.1 Å². The second-order valence-electron chi connectivity index (χ2n) is 6.93. The first-order valence-corrected chi connectivity index (χ1v) is 10.1. The van der Waals surface area contributed by atoms with Crippen molar-refractivity contribution in [1.82, 2.24) is 10.3 Å². The predicted molar refractivity (Wildman–Crippen MR) is 95.6 cm³/mol. The first-order chi connectivity index (χ1) is 11.2. The largest absolute Gasteiger partial charge is 0.351 e. The Hall–Kier alpha value is -1.20. The van der Waals surface area contributed by atoms with Crippen molar-refractivity contribution in [1.29, 1.82) is 0 Å². The van der Waals surface area contributed by atoms with Crippen LogP contribution in [0.5, 0.6) is 0 Å². The number of carbonyl (C=O) groups excluding carboxylic acids is 1. The Morgan fingerprint density at radius 1 is 1.35 bits per heavy atom. The van der Waals surface area contributed by atoms with Crippen molar-refractivity contribution in [3.8, 4) is 10.6 Å². The van der Waals surface area contributed by atoms with E-state index in [9.17, 15) is 4.79 Å². The molecule has 23 heavy (non-hydrogen) atoms. The van der Waals surface area contributed by atoms with Gasteiger partial charge in [0.1, 0.15) is 0 Å². The van der Waals surface area contributed by atoms with Crippen LogP contribution >= 0.6 is 22.7 Å². The van der Waals surface area contributed by atoms with E-state index in [-0.39, 0.29) is 5.91 Å². The van der Waals surface area contributed by atoms with Crippen LogP contribution in [0.4, 0.5) is 0 Å². The van der Waals surface area contributed by atoms with Gasteiger partial charge in [0.05, 0.1) is 22.1 Å². The summed E-state index contributed by atoms with van der Waals surface area (Å²) in [5.41, 5.74) is 1.05. The molecule has 0 aliphatic heterocycles. The first-order valence-electron chi connectivity index (χ1n) is 8.45. The van der Waals surface area contributed by atoms with E-state index in [0.717, 1.165) is 29.0 Å². The molecule has 2 saturated carbocycles. The van der Waals surface area contributed by atoms with Crippen LogP contribution in [-0.2, 0) is 11.3 Å². The molecule has 2 bridgehead atoms. The molecule has 0 spiro atoms. The van der Waals surface area contributed by atoms with E-state index in [1.54, 1.807) is 22.7 Å². The predicted octanol–water partition coefficient (Wildman–Crippen LogP) is 4.62. The minimum atomic E-state index is 0.224. The highest BCUT2D eigenvalue weighted by atomic mass is 32.1. The molecule has 0 aromatic carbocycles. The minimum Gasteiger partial charge on any atom is -0.351 e. The van der Waals surface area contributed by atoms with Crippen LogP contribution in [0, 0.1) is 24.7 Å². The molecule has 0 unspecified atom stereocenters. The summed E-state index contributed by atoms with van der Waals surface area (Å²) in [5, 5.41) is 6.30. The molecule has 5 heteroatoms. The van der Waals surface area contributed by atoms with Crippen molar-refractivity contribution >= 4 is 28.6 Å². The van der Waals surface area contributed by atoms with Crippen molar-refractivity contribution in [2.24, 2.45) is 17.8 Å². The number of amides is 1. The summed E-state index contributed by atoms with van der Waals surface area (Å²) in [6, 6.07) is 4.21. The summed E-state index contributed by atoms with van der Waals surface area (Å²) < 4.78 is 0. The third-order valence-electron chi connectivity index (χ3n) is 5.33. The lowest BCUT2D eigenvalue weighted by atomic mass is 9.86. The molecule has 2 aromatic rings. The summed E-state index contributed by atoms with van der Waals surface area (Å²) in [5.74, 6) is 2.61. The number of aromatic nitrogens is 1. The van der Waals surface area contributed by atoms with Gasteiger partial charge in [-0.2, -0.15) is 0 Å². The molecule has 1 amide bonds. The van der Waals surface area contributed by atoms with Crippen molar-refractivity contribution < 1.29 is 4.79 Å². The molecule has 0 radical (unpaired) electrons. The molecule has 2 aliphatic rings. The molecule has 3 atom stereocenters. The molecule has 2 heterocycles. The monoisotopic (exact) mass is 346 g/mol.